The second-order valence-electron chi connectivity index (χ2n) is 6.01. The standard InChI is InChI=1S/C18H25N3O3S/c1-6-21(7-2)25(23,24)16-11-17(20(5)12-16)18(22)19-15-9-8-13(3)14(4)10-15/h8-12H,6-7H2,1-5H3,(H,19,22). The fourth-order valence-electron chi connectivity index (χ4n) is 2.63. The molecule has 6 nitrogen and oxygen atoms in total. The molecule has 1 heterocycles. The van der Waals surface area contributed by atoms with Crippen LogP contribution in [-0.4, -0.2) is 36.3 Å². The number of benzene rings is 1. The number of sulfonamides is 1. The Morgan fingerprint density at radius 1 is 1.12 bits per heavy atom. The van der Waals surface area contributed by atoms with Crippen molar-refractivity contribution in [3.05, 3.63) is 47.3 Å². The van der Waals surface area contributed by atoms with Gasteiger partial charge in [0.25, 0.3) is 5.91 Å². The Balaban J connectivity index is 2.30. The van der Waals surface area contributed by atoms with Crippen LogP contribution < -0.4 is 5.32 Å². The smallest absolute Gasteiger partial charge is 0.272 e. The molecule has 0 aliphatic rings. The van der Waals surface area contributed by atoms with Crippen molar-refractivity contribution in [2.75, 3.05) is 18.4 Å². The van der Waals surface area contributed by atoms with Crippen molar-refractivity contribution in [3.8, 4) is 0 Å². The lowest BCUT2D eigenvalue weighted by Gasteiger charge is -2.17. The Hall–Kier alpha value is -2.12. The molecule has 0 bridgehead atoms. The number of carbonyl (C=O) groups is 1. The lowest BCUT2D eigenvalue weighted by atomic mass is 10.1. The number of aryl methyl sites for hydroxylation is 3. The highest BCUT2D eigenvalue weighted by atomic mass is 32.2. The normalized spacial score (nSPS) is 11.8. The van der Waals surface area contributed by atoms with E-state index < -0.39 is 10.0 Å². The summed E-state index contributed by atoms with van der Waals surface area (Å²) in [6.07, 6.45) is 1.48. The van der Waals surface area contributed by atoms with Crippen LogP contribution in [0, 0.1) is 13.8 Å². The third-order valence-corrected chi connectivity index (χ3v) is 6.34. The van der Waals surface area contributed by atoms with Crippen LogP contribution >= 0.6 is 0 Å². The summed E-state index contributed by atoms with van der Waals surface area (Å²) >= 11 is 0. The zero-order valence-electron chi connectivity index (χ0n) is 15.3. The summed E-state index contributed by atoms with van der Waals surface area (Å²) < 4.78 is 28.1. The number of hydrogen-bond donors (Lipinski definition) is 1. The van der Waals surface area contributed by atoms with Crippen molar-refractivity contribution in [1.82, 2.24) is 8.87 Å². The molecule has 1 aromatic carbocycles. The van der Waals surface area contributed by atoms with Crippen molar-refractivity contribution in [2.24, 2.45) is 7.05 Å². The summed E-state index contributed by atoms with van der Waals surface area (Å²) in [5.74, 6) is -0.341. The number of aromatic nitrogens is 1. The molecule has 2 rings (SSSR count). The topological polar surface area (TPSA) is 71.4 Å². The van der Waals surface area contributed by atoms with Crippen LogP contribution in [-0.2, 0) is 17.1 Å². The first kappa shape index (κ1) is 19.2. The van der Waals surface area contributed by atoms with Gasteiger partial charge in [-0.05, 0) is 43.2 Å². The fraction of sp³-hybridized carbons (Fsp3) is 0.389. The summed E-state index contributed by atoms with van der Waals surface area (Å²) in [4.78, 5) is 12.7. The van der Waals surface area contributed by atoms with E-state index in [1.54, 1.807) is 20.9 Å². The maximum absolute atomic E-state index is 12.6. The highest BCUT2D eigenvalue weighted by Gasteiger charge is 2.25. The first-order valence-electron chi connectivity index (χ1n) is 8.25. The summed E-state index contributed by atoms with van der Waals surface area (Å²) in [6.45, 7) is 8.33. The van der Waals surface area contributed by atoms with Crippen molar-refractivity contribution in [1.29, 1.82) is 0 Å². The molecule has 0 atom stereocenters. The van der Waals surface area contributed by atoms with Crippen molar-refractivity contribution in [3.63, 3.8) is 0 Å². The van der Waals surface area contributed by atoms with Gasteiger partial charge in [-0.15, -0.1) is 0 Å². The molecule has 0 saturated heterocycles. The van der Waals surface area contributed by atoms with Crippen molar-refractivity contribution >= 4 is 21.6 Å². The quantitative estimate of drug-likeness (QED) is 0.858. The SMILES string of the molecule is CCN(CC)S(=O)(=O)c1cc(C(=O)Nc2ccc(C)c(C)c2)n(C)c1. The predicted octanol–water partition coefficient (Wildman–Crippen LogP) is 2.92. The lowest BCUT2D eigenvalue weighted by Crippen LogP contribution is -2.30. The molecule has 1 amide bonds. The van der Waals surface area contributed by atoms with Crippen LogP contribution in [0.3, 0.4) is 0 Å². The van der Waals surface area contributed by atoms with Gasteiger partial charge in [0.1, 0.15) is 10.6 Å². The average molecular weight is 363 g/mol. The van der Waals surface area contributed by atoms with E-state index in [1.807, 2.05) is 32.0 Å². The number of amides is 1. The molecule has 25 heavy (non-hydrogen) atoms. The van der Waals surface area contributed by atoms with Gasteiger partial charge < -0.3 is 9.88 Å². The molecule has 0 aliphatic carbocycles. The molecule has 0 radical (unpaired) electrons. The first-order chi connectivity index (χ1) is 11.7. The minimum atomic E-state index is -3.59. The molecule has 0 unspecified atom stereocenters. The molecular formula is C18H25N3O3S. The summed E-state index contributed by atoms with van der Waals surface area (Å²) in [5.41, 5.74) is 3.20. The molecular weight excluding hydrogens is 338 g/mol. The van der Waals surface area contributed by atoms with Gasteiger partial charge in [0, 0.05) is 32.0 Å². The van der Waals surface area contributed by atoms with Crippen LogP contribution in [0.15, 0.2) is 35.4 Å². The molecule has 0 spiro atoms. The van der Waals surface area contributed by atoms with Gasteiger partial charge >= 0.3 is 0 Å². The van der Waals surface area contributed by atoms with Crippen molar-refractivity contribution in [2.45, 2.75) is 32.6 Å². The minimum absolute atomic E-state index is 0.129. The number of nitrogens with zero attached hydrogens (tertiary/aromatic N) is 2. The molecule has 1 N–H and O–H groups in total. The van der Waals surface area contributed by atoms with Crippen LogP contribution in [0.5, 0.6) is 0 Å². The zero-order valence-corrected chi connectivity index (χ0v) is 16.1. The largest absolute Gasteiger partial charge is 0.345 e. The van der Waals surface area contributed by atoms with E-state index in [0.717, 1.165) is 11.1 Å². The highest BCUT2D eigenvalue weighted by molar-refractivity contribution is 7.89. The van der Waals surface area contributed by atoms with E-state index in [0.29, 0.717) is 24.5 Å². The third-order valence-electron chi connectivity index (χ3n) is 4.32. The fourth-order valence-corrected chi connectivity index (χ4v) is 4.16. The van der Waals surface area contributed by atoms with E-state index in [-0.39, 0.29) is 10.8 Å². The van der Waals surface area contributed by atoms with Gasteiger partial charge in [-0.1, -0.05) is 19.9 Å². The number of hydrogen-bond acceptors (Lipinski definition) is 3. The second-order valence-corrected chi connectivity index (χ2v) is 7.95. The second kappa shape index (κ2) is 7.41. The number of carbonyl (C=O) groups excluding carboxylic acids is 1. The van der Waals surface area contributed by atoms with Gasteiger partial charge in [-0.3, -0.25) is 4.79 Å². The third kappa shape index (κ3) is 3.93. The Morgan fingerprint density at radius 2 is 1.76 bits per heavy atom. The Kier molecular flexibility index (Phi) is 5.69. The summed E-state index contributed by atoms with van der Waals surface area (Å²) in [7, 11) is -1.93. The molecule has 7 heteroatoms. The van der Waals surface area contributed by atoms with Crippen LogP contribution in [0.2, 0.25) is 0 Å². The lowest BCUT2D eigenvalue weighted by molar-refractivity contribution is 0.101. The Labute approximate surface area is 149 Å². The highest BCUT2D eigenvalue weighted by Crippen LogP contribution is 2.20. The van der Waals surface area contributed by atoms with Crippen LogP contribution in [0.25, 0.3) is 0 Å². The molecule has 136 valence electrons. The van der Waals surface area contributed by atoms with E-state index in [9.17, 15) is 13.2 Å². The molecule has 0 saturated carbocycles. The monoisotopic (exact) mass is 363 g/mol. The molecule has 1 aromatic heterocycles. The van der Waals surface area contributed by atoms with Gasteiger partial charge in [-0.2, -0.15) is 4.31 Å². The number of anilines is 1. The van der Waals surface area contributed by atoms with Crippen LogP contribution in [0.4, 0.5) is 5.69 Å². The molecule has 0 aliphatic heterocycles. The van der Waals surface area contributed by atoms with Gasteiger partial charge in [0.2, 0.25) is 10.0 Å². The van der Waals surface area contributed by atoms with Crippen molar-refractivity contribution < 1.29 is 13.2 Å². The number of nitrogens with one attached hydrogen (secondary N) is 1. The molecule has 0 fully saturated rings. The summed E-state index contributed by atoms with van der Waals surface area (Å²) in [6, 6.07) is 7.08. The predicted molar refractivity (Wildman–Crippen MR) is 99.4 cm³/mol. The average Bonchev–Trinajstić information content (AvgIpc) is 2.94. The number of rotatable bonds is 6. The Bertz CT molecular complexity index is 881. The van der Waals surface area contributed by atoms with E-state index in [2.05, 4.69) is 5.32 Å². The zero-order chi connectivity index (χ0) is 18.8. The van der Waals surface area contributed by atoms with Crippen LogP contribution in [0.1, 0.15) is 35.5 Å². The first-order valence-corrected chi connectivity index (χ1v) is 9.69. The minimum Gasteiger partial charge on any atom is -0.345 e. The summed E-state index contributed by atoms with van der Waals surface area (Å²) in [5, 5.41) is 2.82. The van der Waals surface area contributed by atoms with E-state index >= 15 is 0 Å². The van der Waals surface area contributed by atoms with Gasteiger partial charge in [-0.25, -0.2) is 8.42 Å². The maximum Gasteiger partial charge on any atom is 0.272 e. The maximum atomic E-state index is 12.6. The van der Waals surface area contributed by atoms with Gasteiger partial charge in [0.15, 0.2) is 0 Å². The van der Waals surface area contributed by atoms with E-state index in [1.165, 1.54) is 21.1 Å². The van der Waals surface area contributed by atoms with E-state index in [4.69, 9.17) is 0 Å². The van der Waals surface area contributed by atoms with Gasteiger partial charge in [0.05, 0.1) is 0 Å². The Morgan fingerprint density at radius 3 is 2.32 bits per heavy atom. The molecule has 2 aromatic rings.